The van der Waals surface area contributed by atoms with Gasteiger partial charge in [0, 0.05) is 24.9 Å². The molecule has 3 nitrogen and oxygen atoms in total. The molecule has 0 aliphatic rings. The number of nitrogens with zero attached hydrogens (tertiary/aromatic N) is 1. The van der Waals surface area contributed by atoms with Crippen LogP contribution in [0.4, 0.5) is 4.39 Å². The quantitative estimate of drug-likeness (QED) is 0.817. The van der Waals surface area contributed by atoms with Gasteiger partial charge in [0.05, 0.1) is 7.11 Å². The largest absolute Gasteiger partial charge is 0.494 e. The molecule has 0 unspecified atom stereocenters. The van der Waals surface area contributed by atoms with Crippen LogP contribution in [0.2, 0.25) is 0 Å². The van der Waals surface area contributed by atoms with Gasteiger partial charge < -0.3 is 9.64 Å². The third-order valence-electron chi connectivity index (χ3n) is 3.23. The molecule has 2 rings (SSSR count). The van der Waals surface area contributed by atoms with Gasteiger partial charge in [-0.15, -0.1) is 11.3 Å². The van der Waals surface area contributed by atoms with E-state index in [-0.39, 0.29) is 11.7 Å². The second-order valence-corrected chi connectivity index (χ2v) is 5.83. The van der Waals surface area contributed by atoms with Crippen LogP contribution in [0.3, 0.4) is 0 Å². The predicted octanol–water partition coefficient (Wildman–Crippen LogP) is 3.49. The molecule has 0 aliphatic carbocycles. The van der Waals surface area contributed by atoms with Crippen LogP contribution in [0.5, 0.6) is 5.75 Å². The van der Waals surface area contributed by atoms with Crippen LogP contribution in [-0.2, 0) is 17.8 Å². The summed E-state index contributed by atoms with van der Waals surface area (Å²) < 4.78 is 18.5. The fourth-order valence-electron chi connectivity index (χ4n) is 2.05. The number of aryl methyl sites for hydroxylation is 1. The Labute approximate surface area is 128 Å². The number of hydrogen-bond donors (Lipinski definition) is 0. The lowest BCUT2D eigenvalue weighted by Gasteiger charge is -2.17. The van der Waals surface area contributed by atoms with E-state index in [0.29, 0.717) is 13.0 Å². The summed E-state index contributed by atoms with van der Waals surface area (Å²) in [5, 5.41) is 2.00. The topological polar surface area (TPSA) is 29.5 Å². The highest BCUT2D eigenvalue weighted by Crippen LogP contribution is 2.19. The molecular weight excluding hydrogens is 289 g/mol. The molecule has 1 aromatic heterocycles. The van der Waals surface area contributed by atoms with E-state index in [9.17, 15) is 9.18 Å². The molecule has 0 atom stereocenters. The number of methoxy groups -OCH3 is 1. The summed E-state index contributed by atoms with van der Waals surface area (Å²) in [4.78, 5) is 14.9. The average Bonchev–Trinajstić information content (AvgIpc) is 2.98. The number of carbonyl (C=O) groups is 1. The van der Waals surface area contributed by atoms with Gasteiger partial charge in [0.25, 0.3) is 0 Å². The van der Waals surface area contributed by atoms with Gasteiger partial charge in [-0.2, -0.15) is 0 Å². The number of hydrogen-bond acceptors (Lipinski definition) is 3. The van der Waals surface area contributed by atoms with Crippen molar-refractivity contribution in [3.8, 4) is 5.75 Å². The van der Waals surface area contributed by atoms with Crippen LogP contribution in [-0.4, -0.2) is 25.0 Å². The first kappa shape index (κ1) is 15.5. The molecule has 0 aliphatic heterocycles. The van der Waals surface area contributed by atoms with Gasteiger partial charge in [0.1, 0.15) is 0 Å². The van der Waals surface area contributed by atoms with Gasteiger partial charge in [-0.25, -0.2) is 4.39 Å². The molecule has 0 bridgehead atoms. The number of halogens is 1. The Bertz CT molecular complexity index is 598. The molecule has 2 aromatic rings. The zero-order chi connectivity index (χ0) is 15.2. The van der Waals surface area contributed by atoms with Crippen LogP contribution in [0.15, 0.2) is 35.7 Å². The van der Waals surface area contributed by atoms with E-state index in [1.54, 1.807) is 35.4 Å². The molecule has 0 N–H and O–H groups in total. The summed E-state index contributed by atoms with van der Waals surface area (Å²) >= 11 is 1.65. The third kappa shape index (κ3) is 4.29. The maximum atomic E-state index is 13.6. The Hall–Kier alpha value is -1.88. The Balaban J connectivity index is 1.89. The molecule has 0 saturated carbocycles. The molecule has 1 amide bonds. The maximum absolute atomic E-state index is 13.6. The average molecular weight is 307 g/mol. The van der Waals surface area contributed by atoms with Crippen molar-refractivity contribution in [2.45, 2.75) is 19.4 Å². The Morgan fingerprint density at radius 1 is 1.38 bits per heavy atom. The minimum atomic E-state index is -0.408. The van der Waals surface area contributed by atoms with Crippen molar-refractivity contribution in [2.75, 3.05) is 14.2 Å². The van der Waals surface area contributed by atoms with E-state index < -0.39 is 5.82 Å². The van der Waals surface area contributed by atoms with Gasteiger partial charge in [-0.1, -0.05) is 12.1 Å². The number of thiophene rings is 1. The van der Waals surface area contributed by atoms with Gasteiger partial charge >= 0.3 is 0 Å². The van der Waals surface area contributed by atoms with Crippen LogP contribution < -0.4 is 4.74 Å². The Morgan fingerprint density at radius 3 is 2.81 bits per heavy atom. The number of rotatable bonds is 6. The lowest BCUT2D eigenvalue weighted by Crippen LogP contribution is -2.26. The van der Waals surface area contributed by atoms with Crippen molar-refractivity contribution >= 4 is 17.2 Å². The second-order valence-electron chi connectivity index (χ2n) is 4.80. The molecular formula is C16H18FNO2S. The molecule has 112 valence electrons. The summed E-state index contributed by atoms with van der Waals surface area (Å²) in [5.74, 6) is -0.139. The van der Waals surface area contributed by atoms with Gasteiger partial charge in [-0.3, -0.25) is 4.79 Å². The van der Waals surface area contributed by atoms with Crippen LogP contribution in [0.1, 0.15) is 16.9 Å². The first-order valence-electron chi connectivity index (χ1n) is 6.69. The normalized spacial score (nSPS) is 10.4. The fourth-order valence-corrected chi connectivity index (χ4v) is 2.76. The Morgan fingerprint density at radius 2 is 2.19 bits per heavy atom. The molecule has 0 fully saturated rings. The van der Waals surface area contributed by atoms with E-state index in [2.05, 4.69) is 0 Å². The number of carbonyl (C=O) groups excluding carboxylic acids is 1. The summed E-state index contributed by atoms with van der Waals surface area (Å²) in [6.45, 7) is 0.393. The first-order valence-corrected chi connectivity index (χ1v) is 7.57. The summed E-state index contributed by atoms with van der Waals surface area (Å²) in [7, 11) is 3.16. The van der Waals surface area contributed by atoms with Crippen molar-refractivity contribution < 1.29 is 13.9 Å². The molecule has 21 heavy (non-hydrogen) atoms. The highest BCUT2D eigenvalue weighted by Gasteiger charge is 2.11. The van der Waals surface area contributed by atoms with Gasteiger partial charge in [0.2, 0.25) is 5.91 Å². The third-order valence-corrected chi connectivity index (χ3v) is 4.16. The zero-order valence-corrected chi connectivity index (χ0v) is 13.0. The van der Waals surface area contributed by atoms with Crippen LogP contribution in [0.25, 0.3) is 0 Å². The number of ether oxygens (including phenoxy) is 1. The highest BCUT2D eigenvalue weighted by atomic mass is 32.1. The second kappa shape index (κ2) is 7.22. The van der Waals surface area contributed by atoms with E-state index in [1.165, 1.54) is 18.1 Å². The minimum absolute atomic E-state index is 0.0552. The van der Waals surface area contributed by atoms with E-state index in [1.807, 2.05) is 17.5 Å². The predicted molar refractivity (Wildman–Crippen MR) is 82.1 cm³/mol. The Kier molecular flexibility index (Phi) is 5.33. The lowest BCUT2D eigenvalue weighted by molar-refractivity contribution is -0.130. The molecule has 0 radical (unpaired) electrons. The van der Waals surface area contributed by atoms with Crippen molar-refractivity contribution in [1.29, 1.82) is 0 Å². The van der Waals surface area contributed by atoms with E-state index >= 15 is 0 Å². The van der Waals surface area contributed by atoms with Crippen LogP contribution in [0, 0.1) is 5.82 Å². The van der Waals surface area contributed by atoms with Crippen molar-refractivity contribution in [2.24, 2.45) is 0 Å². The molecule has 1 aromatic carbocycles. The summed E-state index contributed by atoms with van der Waals surface area (Å²) in [6.07, 6.45) is 1.22. The SMILES string of the molecule is COc1ccc(CN(C)C(=O)CCc2cccs2)cc1F. The molecule has 1 heterocycles. The summed E-state index contributed by atoms with van der Waals surface area (Å²) in [6, 6.07) is 8.76. The van der Waals surface area contributed by atoms with Crippen molar-refractivity contribution in [3.05, 3.63) is 52.0 Å². The highest BCUT2D eigenvalue weighted by molar-refractivity contribution is 7.09. The first-order chi connectivity index (χ1) is 10.1. The number of amides is 1. The summed E-state index contributed by atoms with van der Waals surface area (Å²) in [5.41, 5.74) is 0.750. The van der Waals surface area contributed by atoms with E-state index in [4.69, 9.17) is 4.74 Å². The lowest BCUT2D eigenvalue weighted by atomic mass is 10.2. The molecule has 0 saturated heterocycles. The molecule has 5 heteroatoms. The number of benzene rings is 1. The van der Waals surface area contributed by atoms with Crippen molar-refractivity contribution in [3.63, 3.8) is 0 Å². The smallest absolute Gasteiger partial charge is 0.222 e. The monoisotopic (exact) mass is 307 g/mol. The molecule has 0 spiro atoms. The van der Waals surface area contributed by atoms with Gasteiger partial charge in [0.15, 0.2) is 11.6 Å². The van der Waals surface area contributed by atoms with Crippen LogP contribution >= 0.6 is 11.3 Å². The maximum Gasteiger partial charge on any atom is 0.222 e. The van der Waals surface area contributed by atoms with Gasteiger partial charge in [-0.05, 0) is 35.6 Å². The fraction of sp³-hybridized carbons (Fsp3) is 0.312. The zero-order valence-electron chi connectivity index (χ0n) is 12.1. The minimum Gasteiger partial charge on any atom is -0.494 e. The van der Waals surface area contributed by atoms with Crippen molar-refractivity contribution in [1.82, 2.24) is 4.90 Å². The standard InChI is InChI=1S/C16H18FNO2S/c1-18(16(19)8-6-13-4-3-9-21-13)11-12-5-7-15(20-2)14(17)10-12/h3-5,7,9-10H,6,8,11H2,1-2H3. The van der Waals surface area contributed by atoms with E-state index in [0.717, 1.165) is 12.0 Å².